The summed E-state index contributed by atoms with van der Waals surface area (Å²) in [6.07, 6.45) is 0. The summed E-state index contributed by atoms with van der Waals surface area (Å²) in [5, 5.41) is 4.07. The zero-order valence-electron chi connectivity index (χ0n) is 10.1. The van der Waals surface area contributed by atoms with Gasteiger partial charge in [0, 0.05) is 11.1 Å². The fraction of sp³-hybridized carbons (Fsp3) is 0.231. The van der Waals surface area contributed by atoms with Crippen molar-refractivity contribution >= 4 is 33.3 Å². The molecule has 1 aromatic carbocycles. The van der Waals surface area contributed by atoms with E-state index in [2.05, 4.69) is 31.2 Å². The number of hydrogen-bond donors (Lipinski definition) is 1. The Morgan fingerprint density at radius 1 is 1.28 bits per heavy atom. The third-order valence-corrected chi connectivity index (χ3v) is 3.29. The van der Waals surface area contributed by atoms with Crippen molar-refractivity contribution in [1.29, 1.82) is 0 Å². The molecule has 1 aromatic heterocycles. The lowest BCUT2D eigenvalue weighted by atomic mass is 10.1. The summed E-state index contributed by atoms with van der Waals surface area (Å²) in [6, 6.07) is 9.71. The van der Waals surface area contributed by atoms with E-state index in [0.717, 1.165) is 26.8 Å². The van der Waals surface area contributed by atoms with Crippen molar-refractivity contribution in [2.24, 2.45) is 0 Å². The number of aromatic nitrogens is 2. The lowest BCUT2D eigenvalue weighted by molar-refractivity contribution is 0.865. The molecule has 2 aromatic rings. The largest absolute Gasteiger partial charge is 0.363 e. The standard InChI is InChI=1S/C13H13BrClN3/c1-8(10-5-3-4-6-11(10)15)16-13-7-12(14)17-9(2)18-13/h3-8H,1-2H3,(H,16,17,18). The van der Waals surface area contributed by atoms with E-state index < -0.39 is 0 Å². The summed E-state index contributed by atoms with van der Waals surface area (Å²) in [7, 11) is 0. The summed E-state index contributed by atoms with van der Waals surface area (Å²) < 4.78 is 0.767. The summed E-state index contributed by atoms with van der Waals surface area (Å²) >= 11 is 9.52. The van der Waals surface area contributed by atoms with Crippen molar-refractivity contribution in [3.8, 4) is 0 Å². The van der Waals surface area contributed by atoms with E-state index in [9.17, 15) is 0 Å². The predicted octanol–water partition coefficient (Wildman–Crippen LogP) is 4.37. The Morgan fingerprint density at radius 3 is 2.67 bits per heavy atom. The molecule has 1 unspecified atom stereocenters. The number of benzene rings is 1. The van der Waals surface area contributed by atoms with E-state index in [1.54, 1.807) is 0 Å². The van der Waals surface area contributed by atoms with E-state index in [4.69, 9.17) is 11.6 Å². The quantitative estimate of drug-likeness (QED) is 0.851. The number of halogens is 2. The molecule has 0 fully saturated rings. The van der Waals surface area contributed by atoms with Gasteiger partial charge in [-0.25, -0.2) is 9.97 Å². The lowest BCUT2D eigenvalue weighted by Crippen LogP contribution is -2.09. The molecule has 0 aliphatic heterocycles. The molecule has 0 radical (unpaired) electrons. The highest BCUT2D eigenvalue weighted by molar-refractivity contribution is 9.10. The highest BCUT2D eigenvalue weighted by Gasteiger charge is 2.10. The molecule has 0 saturated carbocycles. The molecular weight excluding hydrogens is 314 g/mol. The van der Waals surface area contributed by atoms with E-state index in [-0.39, 0.29) is 6.04 Å². The average Bonchev–Trinajstić information content (AvgIpc) is 2.27. The van der Waals surface area contributed by atoms with Crippen LogP contribution in [0.25, 0.3) is 0 Å². The van der Waals surface area contributed by atoms with E-state index in [1.165, 1.54) is 0 Å². The third-order valence-electron chi connectivity index (χ3n) is 2.54. The Kier molecular flexibility index (Phi) is 4.19. The maximum absolute atomic E-state index is 6.17. The van der Waals surface area contributed by atoms with Crippen LogP contribution < -0.4 is 5.32 Å². The van der Waals surface area contributed by atoms with Crippen molar-refractivity contribution in [3.63, 3.8) is 0 Å². The van der Waals surface area contributed by atoms with Gasteiger partial charge < -0.3 is 5.32 Å². The maximum Gasteiger partial charge on any atom is 0.131 e. The van der Waals surface area contributed by atoms with Gasteiger partial charge in [-0.2, -0.15) is 0 Å². The molecule has 2 rings (SSSR count). The molecule has 18 heavy (non-hydrogen) atoms. The number of rotatable bonds is 3. The third kappa shape index (κ3) is 3.21. The van der Waals surface area contributed by atoms with Crippen molar-refractivity contribution in [3.05, 3.63) is 51.3 Å². The van der Waals surface area contributed by atoms with Gasteiger partial charge in [0.1, 0.15) is 16.2 Å². The van der Waals surface area contributed by atoms with Crippen molar-refractivity contribution in [2.75, 3.05) is 5.32 Å². The van der Waals surface area contributed by atoms with Crippen LogP contribution in [0.2, 0.25) is 5.02 Å². The summed E-state index contributed by atoms with van der Waals surface area (Å²) in [5.74, 6) is 1.50. The number of nitrogens with zero attached hydrogens (tertiary/aromatic N) is 2. The molecule has 3 nitrogen and oxygen atoms in total. The fourth-order valence-corrected chi connectivity index (χ4v) is 2.50. The molecule has 0 amide bonds. The fourth-order valence-electron chi connectivity index (χ4n) is 1.73. The topological polar surface area (TPSA) is 37.8 Å². The van der Waals surface area contributed by atoms with Crippen LogP contribution in [0.15, 0.2) is 34.9 Å². The number of hydrogen-bond acceptors (Lipinski definition) is 3. The molecular formula is C13H13BrClN3. The van der Waals surface area contributed by atoms with Gasteiger partial charge in [0.05, 0.1) is 6.04 Å². The number of aryl methyl sites for hydroxylation is 1. The molecule has 0 aliphatic carbocycles. The van der Waals surface area contributed by atoms with Gasteiger partial charge in [0.15, 0.2) is 0 Å². The second-order valence-corrected chi connectivity index (χ2v) is 5.23. The van der Waals surface area contributed by atoms with Gasteiger partial charge in [0.25, 0.3) is 0 Å². The van der Waals surface area contributed by atoms with Gasteiger partial charge in [-0.15, -0.1) is 0 Å². The van der Waals surface area contributed by atoms with Crippen LogP contribution in [0.3, 0.4) is 0 Å². The summed E-state index contributed by atoms with van der Waals surface area (Å²) in [6.45, 7) is 3.91. The van der Waals surface area contributed by atoms with Crippen molar-refractivity contribution < 1.29 is 0 Å². The molecule has 0 spiro atoms. The molecule has 0 aliphatic rings. The maximum atomic E-state index is 6.17. The molecule has 1 atom stereocenters. The summed E-state index contributed by atoms with van der Waals surface area (Å²) in [4.78, 5) is 8.51. The first-order chi connectivity index (χ1) is 8.56. The second-order valence-electron chi connectivity index (χ2n) is 4.01. The predicted molar refractivity (Wildman–Crippen MR) is 78.0 cm³/mol. The Morgan fingerprint density at radius 2 is 2.00 bits per heavy atom. The van der Waals surface area contributed by atoms with Crippen LogP contribution >= 0.6 is 27.5 Å². The van der Waals surface area contributed by atoms with Crippen LogP contribution in [0.1, 0.15) is 24.4 Å². The van der Waals surface area contributed by atoms with Crippen LogP contribution in [0, 0.1) is 6.92 Å². The monoisotopic (exact) mass is 325 g/mol. The second kappa shape index (κ2) is 5.67. The van der Waals surface area contributed by atoms with Crippen LogP contribution in [0.5, 0.6) is 0 Å². The van der Waals surface area contributed by atoms with Gasteiger partial charge in [-0.3, -0.25) is 0 Å². The molecule has 94 valence electrons. The van der Waals surface area contributed by atoms with Crippen molar-refractivity contribution in [1.82, 2.24) is 9.97 Å². The first-order valence-corrected chi connectivity index (χ1v) is 6.75. The minimum atomic E-state index is 0.0832. The Balaban J connectivity index is 2.21. The summed E-state index contributed by atoms with van der Waals surface area (Å²) in [5.41, 5.74) is 1.05. The van der Waals surface area contributed by atoms with Crippen LogP contribution in [-0.2, 0) is 0 Å². The normalized spacial score (nSPS) is 12.2. The van der Waals surface area contributed by atoms with Gasteiger partial charge in [0.2, 0.25) is 0 Å². The zero-order chi connectivity index (χ0) is 13.1. The van der Waals surface area contributed by atoms with E-state index in [0.29, 0.717) is 0 Å². The first-order valence-electron chi connectivity index (χ1n) is 5.58. The lowest BCUT2D eigenvalue weighted by Gasteiger charge is -2.16. The zero-order valence-corrected chi connectivity index (χ0v) is 12.5. The van der Waals surface area contributed by atoms with Crippen molar-refractivity contribution in [2.45, 2.75) is 19.9 Å². The highest BCUT2D eigenvalue weighted by Crippen LogP contribution is 2.25. The number of nitrogens with one attached hydrogen (secondary N) is 1. The minimum absolute atomic E-state index is 0.0832. The Bertz CT molecular complexity index is 539. The van der Waals surface area contributed by atoms with E-state index >= 15 is 0 Å². The molecule has 1 N–H and O–H groups in total. The Labute approximate surface area is 120 Å². The molecule has 0 bridgehead atoms. The van der Waals surface area contributed by atoms with Crippen LogP contribution in [0.4, 0.5) is 5.82 Å². The smallest absolute Gasteiger partial charge is 0.131 e. The highest BCUT2D eigenvalue weighted by atomic mass is 79.9. The Hall–Kier alpha value is -1.13. The SMILES string of the molecule is Cc1nc(Br)cc(NC(C)c2ccccc2Cl)n1. The first kappa shape index (κ1) is 13.3. The van der Waals surface area contributed by atoms with Gasteiger partial charge >= 0.3 is 0 Å². The molecule has 0 saturated heterocycles. The van der Waals surface area contributed by atoms with Gasteiger partial charge in [-0.1, -0.05) is 29.8 Å². The van der Waals surface area contributed by atoms with Crippen LogP contribution in [-0.4, -0.2) is 9.97 Å². The van der Waals surface area contributed by atoms with Gasteiger partial charge in [-0.05, 0) is 41.4 Å². The molecule has 1 heterocycles. The number of anilines is 1. The molecule has 5 heteroatoms. The van der Waals surface area contributed by atoms with E-state index in [1.807, 2.05) is 44.2 Å². The average molecular weight is 327 g/mol. The minimum Gasteiger partial charge on any atom is -0.363 e.